The highest BCUT2D eigenvalue weighted by Gasteiger charge is 2.18. The molecule has 1 saturated carbocycles. The van der Waals surface area contributed by atoms with Crippen LogP contribution in [0.4, 0.5) is 5.82 Å². The van der Waals surface area contributed by atoms with Crippen molar-refractivity contribution in [1.82, 2.24) is 15.2 Å². The normalized spacial score (nSPS) is 19.2. The third-order valence-corrected chi connectivity index (χ3v) is 3.94. The first kappa shape index (κ1) is 23.9. The number of rotatable bonds is 4. The van der Waals surface area contributed by atoms with Gasteiger partial charge < -0.3 is 16.0 Å². The third-order valence-electron chi connectivity index (χ3n) is 3.94. The van der Waals surface area contributed by atoms with Gasteiger partial charge in [-0.1, -0.05) is 12.8 Å². The summed E-state index contributed by atoms with van der Waals surface area (Å²) in [5, 5.41) is 3.23. The average molecular weight is 365 g/mol. The number of nitrogens with zero attached hydrogens (tertiary/aromatic N) is 3. The average Bonchev–Trinajstić information content (AvgIpc) is 2.64. The summed E-state index contributed by atoms with van der Waals surface area (Å²) in [7, 11) is 7.15. The molecule has 1 heterocycles. The Hall–Kier alpha value is -2.12. The lowest BCUT2D eigenvalue weighted by atomic mass is 9.91. The lowest BCUT2D eigenvalue weighted by Crippen LogP contribution is -2.45. The van der Waals surface area contributed by atoms with Crippen LogP contribution in [0.1, 0.15) is 31.2 Å². The molecule has 0 aliphatic heterocycles. The van der Waals surface area contributed by atoms with Crippen LogP contribution in [0.15, 0.2) is 18.3 Å². The Balaban J connectivity index is 0.000000394. The Labute approximate surface area is 157 Å². The van der Waals surface area contributed by atoms with Gasteiger partial charge in [-0.3, -0.25) is 9.59 Å². The summed E-state index contributed by atoms with van der Waals surface area (Å²) in [6.07, 6.45) is 9.81. The summed E-state index contributed by atoms with van der Waals surface area (Å²) < 4.78 is 1.67. The van der Waals surface area contributed by atoms with E-state index in [4.69, 9.17) is 5.73 Å². The number of aromatic nitrogens is 1. The quantitative estimate of drug-likeness (QED) is 0.474. The molecule has 1 aromatic rings. The second-order valence-corrected chi connectivity index (χ2v) is 6.50. The molecule has 0 aromatic carbocycles. The highest BCUT2D eigenvalue weighted by molar-refractivity contribution is 6.10. The molecule has 1 fully saturated rings. The summed E-state index contributed by atoms with van der Waals surface area (Å²) in [5.41, 5.74) is 6.94. The van der Waals surface area contributed by atoms with Gasteiger partial charge in [0.1, 0.15) is 12.4 Å². The molecule has 1 aliphatic carbocycles. The first-order valence-corrected chi connectivity index (χ1v) is 8.84. The van der Waals surface area contributed by atoms with Gasteiger partial charge >= 0.3 is 5.82 Å². The van der Waals surface area contributed by atoms with Crippen molar-refractivity contribution in [2.45, 2.75) is 44.7 Å². The Kier molecular flexibility index (Phi) is 12.9. The fraction of sp³-hybridized carbons (Fsp3) is 0.579. The molecule has 3 N–H and O–H groups in total. The lowest BCUT2D eigenvalue weighted by Gasteiger charge is -2.27. The zero-order valence-corrected chi connectivity index (χ0v) is 16.7. The molecule has 1 aliphatic rings. The number of hydrogen-bond acceptors (Lipinski definition) is 5. The van der Waals surface area contributed by atoms with Gasteiger partial charge in [-0.15, -0.1) is 0 Å². The number of likely N-dealkylation sites (N-methyl/N-ethyl adjacent to an activating group) is 1. The molecule has 7 nitrogen and oxygen atoms in total. The number of nitrogens with two attached hydrogens (primary N) is 1. The molecular weight excluding hydrogens is 330 g/mol. The van der Waals surface area contributed by atoms with Crippen LogP contribution in [-0.4, -0.2) is 73.6 Å². The molecule has 0 saturated heterocycles. The van der Waals surface area contributed by atoms with Crippen molar-refractivity contribution in [2.24, 2.45) is 5.73 Å². The summed E-state index contributed by atoms with van der Waals surface area (Å²) >= 11 is 0. The second kappa shape index (κ2) is 14.1. The van der Waals surface area contributed by atoms with E-state index in [2.05, 4.69) is 10.3 Å². The van der Waals surface area contributed by atoms with E-state index in [1.165, 1.54) is 36.8 Å². The molecule has 2 unspecified atom stereocenters. The zero-order chi connectivity index (χ0) is 19.9. The van der Waals surface area contributed by atoms with Gasteiger partial charge in [-0.25, -0.2) is 4.58 Å². The van der Waals surface area contributed by atoms with E-state index in [-0.39, 0.29) is 0 Å². The van der Waals surface area contributed by atoms with Crippen molar-refractivity contribution in [3.05, 3.63) is 23.9 Å². The fourth-order valence-corrected chi connectivity index (χ4v) is 2.35. The molecule has 2 atom stereocenters. The van der Waals surface area contributed by atoms with E-state index in [1.807, 2.05) is 26.1 Å². The van der Waals surface area contributed by atoms with Crippen LogP contribution in [0.3, 0.4) is 0 Å². The van der Waals surface area contributed by atoms with E-state index >= 15 is 0 Å². The van der Waals surface area contributed by atoms with Crippen molar-refractivity contribution in [3.8, 4) is 0 Å². The summed E-state index contributed by atoms with van der Waals surface area (Å²) in [4.78, 5) is 25.1. The topological polar surface area (TPSA) is 91.3 Å². The Morgan fingerprint density at radius 3 is 2.27 bits per heavy atom. The molecule has 0 spiro atoms. The van der Waals surface area contributed by atoms with Crippen LogP contribution in [0.5, 0.6) is 0 Å². The molecule has 0 radical (unpaired) electrons. The van der Waals surface area contributed by atoms with Gasteiger partial charge in [0.2, 0.25) is 6.41 Å². The molecular formula is C19H34N5O2+. The minimum atomic E-state index is 0.406. The maximum atomic E-state index is 10.1. The maximum absolute atomic E-state index is 10.1. The van der Waals surface area contributed by atoms with E-state index in [1.54, 1.807) is 31.9 Å². The van der Waals surface area contributed by atoms with Gasteiger partial charge in [-0.05, 0) is 43.4 Å². The van der Waals surface area contributed by atoms with Gasteiger partial charge in [0.25, 0.3) is 0 Å². The molecule has 146 valence electrons. The van der Waals surface area contributed by atoms with E-state index < -0.39 is 0 Å². The number of aldehydes is 1. The SMILES string of the molecule is CN(C)C=O.CNC1CCCCC1N.Cc1ccc([N+](C)=CC=O)nc1. The van der Waals surface area contributed by atoms with Crippen LogP contribution in [0.2, 0.25) is 0 Å². The number of aryl methyl sites for hydroxylation is 1. The van der Waals surface area contributed by atoms with Gasteiger partial charge in [-0.2, -0.15) is 0 Å². The highest BCUT2D eigenvalue weighted by atomic mass is 16.1. The van der Waals surface area contributed by atoms with Gasteiger partial charge in [0.05, 0.1) is 7.05 Å². The predicted octanol–water partition coefficient (Wildman–Crippen LogP) is 1.11. The molecule has 1 aromatic heterocycles. The van der Waals surface area contributed by atoms with Crippen LogP contribution >= 0.6 is 0 Å². The number of carbonyl (C=O) groups excluding carboxylic acids is 2. The molecule has 0 bridgehead atoms. The predicted molar refractivity (Wildman–Crippen MR) is 106 cm³/mol. The number of hydrogen-bond donors (Lipinski definition) is 2. The standard InChI is InChI=1S/C9H11N2O.C7H16N2.C3H7NO/c1-8-3-4-9(10-7-8)11(2)5-6-12;1-9-7-5-3-2-4-6(7)8;1-4(2)3-5/h3-7H,1-2H3;6-7,9H,2-5,8H2,1H3;3H,1-2H3/q+1;;. The molecule has 2 rings (SSSR count). The van der Waals surface area contributed by atoms with E-state index in [0.29, 0.717) is 12.1 Å². The van der Waals surface area contributed by atoms with Crippen molar-refractivity contribution >= 4 is 24.7 Å². The molecule has 7 heteroatoms. The van der Waals surface area contributed by atoms with Gasteiger partial charge in [0, 0.05) is 32.2 Å². The highest BCUT2D eigenvalue weighted by Crippen LogP contribution is 2.15. The first-order chi connectivity index (χ1) is 12.3. The van der Waals surface area contributed by atoms with Crippen LogP contribution in [-0.2, 0) is 9.59 Å². The van der Waals surface area contributed by atoms with Crippen LogP contribution in [0.25, 0.3) is 0 Å². The Bertz CT molecular complexity index is 543. The second-order valence-electron chi connectivity index (χ2n) is 6.50. The van der Waals surface area contributed by atoms with Crippen molar-refractivity contribution in [1.29, 1.82) is 0 Å². The first-order valence-electron chi connectivity index (χ1n) is 8.84. The summed E-state index contributed by atoms with van der Waals surface area (Å²) in [6, 6.07) is 4.81. The monoisotopic (exact) mass is 364 g/mol. The smallest absolute Gasteiger partial charge is 0.322 e. The number of amides is 1. The summed E-state index contributed by atoms with van der Waals surface area (Å²) in [5.74, 6) is 0.771. The molecule has 1 amide bonds. The largest absolute Gasteiger partial charge is 0.351 e. The number of carbonyl (C=O) groups is 2. The van der Waals surface area contributed by atoms with Crippen molar-refractivity contribution in [3.63, 3.8) is 0 Å². The van der Waals surface area contributed by atoms with Gasteiger partial charge in [0.15, 0.2) is 6.29 Å². The minimum Gasteiger partial charge on any atom is -0.351 e. The Morgan fingerprint density at radius 2 is 1.88 bits per heavy atom. The summed E-state index contributed by atoms with van der Waals surface area (Å²) in [6.45, 7) is 1.97. The van der Waals surface area contributed by atoms with Crippen LogP contribution < -0.4 is 11.1 Å². The van der Waals surface area contributed by atoms with Crippen molar-refractivity contribution in [2.75, 3.05) is 28.2 Å². The lowest BCUT2D eigenvalue weighted by molar-refractivity contribution is -0.402. The molecule has 26 heavy (non-hydrogen) atoms. The maximum Gasteiger partial charge on any atom is 0.322 e. The van der Waals surface area contributed by atoms with Crippen molar-refractivity contribution < 1.29 is 14.2 Å². The zero-order valence-electron chi connectivity index (χ0n) is 16.7. The fourth-order valence-electron chi connectivity index (χ4n) is 2.35. The third kappa shape index (κ3) is 10.7. The Morgan fingerprint density at radius 1 is 1.27 bits per heavy atom. The number of pyridine rings is 1. The van der Waals surface area contributed by atoms with E-state index in [9.17, 15) is 9.59 Å². The number of nitrogens with one attached hydrogen (secondary N) is 1. The minimum absolute atomic E-state index is 0.406. The van der Waals surface area contributed by atoms with Crippen LogP contribution in [0, 0.1) is 6.92 Å². The van der Waals surface area contributed by atoms with E-state index in [0.717, 1.165) is 24.1 Å².